The first-order valence-electron chi connectivity index (χ1n) is 12.7. The van der Waals surface area contributed by atoms with E-state index in [0.29, 0.717) is 54.1 Å². The summed E-state index contributed by atoms with van der Waals surface area (Å²) in [6, 6.07) is 14.9. The number of thioether (sulfide) groups is 1. The molecule has 2 aliphatic heterocycles. The van der Waals surface area contributed by atoms with Crippen LogP contribution >= 0.6 is 11.8 Å². The van der Waals surface area contributed by atoms with E-state index in [-0.39, 0.29) is 12.3 Å². The van der Waals surface area contributed by atoms with Crippen LogP contribution in [0, 0.1) is 0 Å². The van der Waals surface area contributed by atoms with Crippen LogP contribution in [0.25, 0.3) is 0 Å². The predicted octanol–water partition coefficient (Wildman–Crippen LogP) is 4.56. The SMILES string of the molecule is CCC1=C(C(=O)OC)[C@H](c2ccc(OCc3ccccc3)c(OC)c2)N2C(CC(=O)NCCOC)=CSC2=N1. The smallest absolute Gasteiger partial charge is 0.338 e. The van der Waals surface area contributed by atoms with Gasteiger partial charge in [-0.05, 0) is 35.1 Å². The topological polar surface area (TPSA) is 98.7 Å². The molecule has 2 aromatic rings. The quantitative estimate of drug-likeness (QED) is 0.303. The third-order valence-corrected chi connectivity index (χ3v) is 7.23. The second kappa shape index (κ2) is 13.3. The van der Waals surface area contributed by atoms with Crippen molar-refractivity contribution < 1.29 is 28.5 Å². The molecule has 9 nitrogen and oxygen atoms in total. The number of benzene rings is 2. The molecule has 1 N–H and O–H groups in total. The fraction of sp³-hybridized carbons (Fsp3) is 0.345. The zero-order chi connectivity index (χ0) is 27.8. The zero-order valence-electron chi connectivity index (χ0n) is 22.6. The van der Waals surface area contributed by atoms with Gasteiger partial charge in [0.1, 0.15) is 6.61 Å². The number of ether oxygens (including phenoxy) is 4. The number of hydrogen-bond acceptors (Lipinski definition) is 9. The number of esters is 1. The number of allylic oxidation sites excluding steroid dienone is 1. The number of fused-ring (bicyclic) bond motifs is 1. The molecule has 0 aliphatic carbocycles. The number of hydrogen-bond donors (Lipinski definition) is 1. The molecule has 10 heteroatoms. The monoisotopic (exact) mass is 551 g/mol. The highest BCUT2D eigenvalue weighted by atomic mass is 32.2. The van der Waals surface area contributed by atoms with Gasteiger partial charge < -0.3 is 29.2 Å². The second-order valence-electron chi connectivity index (χ2n) is 8.80. The summed E-state index contributed by atoms with van der Waals surface area (Å²) in [5, 5.41) is 5.47. The van der Waals surface area contributed by atoms with Crippen LogP contribution < -0.4 is 14.8 Å². The number of amidine groups is 1. The summed E-state index contributed by atoms with van der Waals surface area (Å²) in [7, 11) is 4.53. The first-order valence-corrected chi connectivity index (χ1v) is 13.5. The lowest BCUT2D eigenvalue weighted by Gasteiger charge is -2.36. The van der Waals surface area contributed by atoms with Gasteiger partial charge in [0.15, 0.2) is 16.7 Å². The standard InChI is InChI=1S/C29H33N3O6S/c1-5-22-26(28(34)37-4)27(32-21(18-39-29(32)31-22)16-25(33)30-13-14-35-2)20-11-12-23(24(15-20)36-3)38-17-19-9-7-6-8-10-19/h6-12,15,18,27H,5,13-14,16-17H2,1-4H3,(H,30,33)/t27-/m0/s1. The summed E-state index contributed by atoms with van der Waals surface area (Å²) in [6.07, 6.45) is 0.665. The first-order chi connectivity index (χ1) is 19.0. The number of methoxy groups -OCH3 is 3. The zero-order valence-corrected chi connectivity index (χ0v) is 23.4. The van der Waals surface area contributed by atoms with Crippen molar-refractivity contribution in [2.45, 2.75) is 32.4 Å². The molecular weight excluding hydrogens is 518 g/mol. The Labute approximate surface area is 232 Å². The Kier molecular flexibility index (Phi) is 9.67. The van der Waals surface area contributed by atoms with Gasteiger partial charge >= 0.3 is 5.97 Å². The van der Waals surface area contributed by atoms with E-state index in [1.807, 2.05) is 65.8 Å². The Morgan fingerprint density at radius 2 is 1.87 bits per heavy atom. The van der Waals surface area contributed by atoms with E-state index in [1.165, 1.54) is 18.9 Å². The summed E-state index contributed by atoms with van der Waals surface area (Å²) >= 11 is 1.43. The number of amides is 1. The molecule has 0 unspecified atom stereocenters. The van der Waals surface area contributed by atoms with E-state index in [4.69, 9.17) is 23.9 Å². The van der Waals surface area contributed by atoms with Gasteiger partial charge in [-0.25, -0.2) is 9.79 Å². The molecule has 1 atom stereocenters. The molecule has 0 spiro atoms. The van der Waals surface area contributed by atoms with Gasteiger partial charge in [-0.1, -0.05) is 55.1 Å². The van der Waals surface area contributed by atoms with Crippen molar-refractivity contribution in [3.05, 3.63) is 82.0 Å². The minimum absolute atomic E-state index is 0.123. The average Bonchev–Trinajstić information content (AvgIpc) is 3.37. The van der Waals surface area contributed by atoms with E-state index in [2.05, 4.69) is 5.32 Å². The molecule has 4 rings (SSSR count). The Bertz CT molecular complexity index is 1290. The van der Waals surface area contributed by atoms with Crippen molar-refractivity contribution in [1.29, 1.82) is 0 Å². The van der Waals surface area contributed by atoms with Crippen molar-refractivity contribution in [2.24, 2.45) is 4.99 Å². The average molecular weight is 552 g/mol. The third-order valence-electron chi connectivity index (χ3n) is 6.34. The summed E-state index contributed by atoms with van der Waals surface area (Å²) < 4.78 is 22.0. The maximum absolute atomic E-state index is 13.1. The fourth-order valence-electron chi connectivity index (χ4n) is 4.46. The van der Waals surface area contributed by atoms with Crippen LogP contribution in [0.3, 0.4) is 0 Å². The van der Waals surface area contributed by atoms with Crippen LogP contribution in [0.2, 0.25) is 0 Å². The van der Waals surface area contributed by atoms with Crippen LogP contribution in [-0.2, 0) is 25.7 Å². The molecule has 0 fully saturated rings. The molecule has 2 aromatic carbocycles. The van der Waals surface area contributed by atoms with E-state index in [9.17, 15) is 9.59 Å². The van der Waals surface area contributed by atoms with Crippen LogP contribution in [0.15, 0.2) is 75.9 Å². The van der Waals surface area contributed by atoms with Gasteiger partial charge in [-0.2, -0.15) is 0 Å². The minimum atomic E-state index is -0.565. The number of aliphatic imine (C=N–C) groups is 1. The highest BCUT2D eigenvalue weighted by Gasteiger charge is 2.41. The van der Waals surface area contributed by atoms with Crippen LogP contribution in [0.1, 0.15) is 36.9 Å². The molecular formula is C29H33N3O6S. The van der Waals surface area contributed by atoms with Crippen LogP contribution in [0.5, 0.6) is 11.5 Å². The number of carbonyl (C=O) groups is 2. The number of carbonyl (C=O) groups excluding carboxylic acids is 2. The van der Waals surface area contributed by atoms with Gasteiger partial charge in [0.25, 0.3) is 0 Å². The molecule has 0 bridgehead atoms. The summed E-state index contributed by atoms with van der Waals surface area (Å²) in [4.78, 5) is 32.5. The van der Waals surface area contributed by atoms with Crippen molar-refractivity contribution in [1.82, 2.24) is 10.2 Å². The maximum Gasteiger partial charge on any atom is 0.338 e. The van der Waals surface area contributed by atoms with Crippen molar-refractivity contribution in [3.63, 3.8) is 0 Å². The third kappa shape index (κ3) is 6.46. The molecule has 2 heterocycles. The van der Waals surface area contributed by atoms with Crippen LogP contribution in [0.4, 0.5) is 0 Å². The van der Waals surface area contributed by atoms with Crippen molar-refractivity contribution >= 4 is 28.8 Å². The lowest BCUT2D eigenvalue weighted by molar-refractivity contribution is -0.136. The Morgan fingerprint density at radius 1 is 1.08 bits per heavy atom. The highest BCUT2D eigenvalue weighted by molar-refractivity contribution is 8.16. The molecule has 0 saturated carbocycles. The number of rotatable bonds is 12. The molecule has 206 valence electrons. The van der Waals surface area contributed by atoms with Crippen molar-refractivity contribution in [2.75, 3.05) is 34.5 Å². The second-order valence-corrected chi connectivity index (χ2v) is 9.64. The first kappa shape index (κ1) is 28.3. The largest absolute Gasteiger partial charge is 0.493 e. The Hall–Kier alpha value is -3.76. The number of nitrogens with zero attached hydrogens (tertiary/aromatic N) is 2. The lowest BCUT2D eigenvalue weighted by atomic mass is 9.92. The summed E-state index contributed by atoms with van der Waals surface area (Å²) in [6.45, 7) is 3.17. The normalized spacial score (nSPS) is 16.3. The fourth-order valence-corrected chi connectivity index (χ4v) is 5.39. The van der Waals surface area contributed by atoms with E-state index >= 15 is 0 Å². The van der Waals surface area contributed by atoms with Gasteiger partial charge in [0.05, 0.1) is 44.6 Å². The Balaban J connectivity index is 1.69. The highest BCUT2D eigenvalue weighted by Crippen LogP contribution is 2.46. The minimum Gasteiger partial charge on any atom is -0.493 e. The summed E-state index contributed by atoms with van der Waals surface area (Å²) in [5.74, 6) is 0.498. The Morgan fingerprint density at radius 3 is 2.56 bits per heavy atom. The van der Waals surface area contributed by atoms with E-state index in [1.54, 1.807) is 14.2 Å². The van der Waals surface area contributed by atoms with Gasteiger partial charge in [-0.3, -0.25) is 4.79 Å². The van der Waals surface area contributed by atoms with Gasteiger partial charge in [0.2, 0.25) is 5.91 Å². The van der Waals surface area contributed by atoms with Gasteiger partial charge in [0, 0.05) is 19.4 Å². The van der Waals surface area contributed by atoms with E-state index < -0.39 is 12.0 Å². The molecule has 0 saturated heterocycles. The molecule has 0 radical (unpaired) electrons. The maximum atomic E-state index is 13.1. The number of nitrogens with one attached hydrogen (secondary N) is 1. The van der Waals surface area contributed by atoms with Crippen molar-refractivity contribution in [3.8, 4) is 11.5 Å². The summed E-state index contributed by atoms with van der Waals surface area (Å²) in [5.41, 5.74) is 3.63. The molecule has 1 amide bonds. The molecule has 39 heavy (non-hydrogen) atoms. The predicted molar refractivity (Wildman–Crippen MR) is 150 cm³/mol. The van der Waals surface area contributed by atoms with E-state index in [0.717, 1.165) is 16.8 Å². The molecule has 2 aliphatic rings. The lowest BCUT2D eigenvalue weighted by Crippen LogP contribution is -2.38. The molecule has 0 aromatic heterocycles. The van der Waals surface area contributed by atoms with Crippen LogP contribution in [-0.4, -0.2) is 56.4 Å². The van der Waals surface area contributed by atoms with Gasteiger partial charge in [-0.15, -0.1) is 0 Å².